The van der Waals surface area contributed by atoms with Gasteiger partial charge in [0.1, 0.15) is 0 Å². The number of nitrogens with zero attached hydrogens (tertiary/aromatic N) is 4. The molecular weight excluding hydrogens is 302 g/mol. The standard InChI is InChI=1S/C18H25N5O/c1-13(2)18-15-11-23(9-6-16(15)20-21-18)17(24)12-22(3)10-14-4-7-19-8-5-14/h4-5,7-8,13H,6,9-12H2,1-3H3,(H,20,21). The third kappa shape index (κ3) is 3.64. The van der Waals surface area contributed by atoms with Crippen molar-refractivity contribution >= 4 is 5.91 Å². The van der Waals surface area contributed by atoms with Crippen molar-refractivity contribution in [3.63, 3.8) is 0 Å². The molecule has 1 aliphatic rings. The van der Waals surface area contributed by atoms with Gasteiger partial charge in [0.2, 0.25) is 5.91 Å². The second kappa shape index (κ2) is 7.13. The fourth-order valence-electron chi connectivity index (χ4n) is 3.19. The average Bonchev–Trinajstić information content (AvgIpc) is 2.98. The van der Waals surface area contributed by atoms with Gasteiger partial charge < -0.3 is 4.90 Å². The molecule has 0 aromatic carbocycles. The fraction of sp³-hybridized carbons (Fsp3) is 0.500. The molecule has 0 atom stereocenters. The number of nitrogens with one attached hydrogen (secondary N) is 1. The second-order valence-electron chi connectivity index (χ2n) is 6.81. The Bertz CT molecular complexity index is 695. The lowest BCUT2D eigenvalue weighted by atomic mass is 9.99. The zero-order valence-corrected chi connectivity index (χ0v) is 14.6. The highest BCUT2D eigenvalue weighted by atomic mass is 16.2. The van der Waals surface area contributed by atoms with Gasteiger partial charge >= 0.3 is 0 Å². The van der Waals surface area contributed by atoms with Crippen molar-refractivity contribution in [2.45, 2.75) is 39.3 Å². The van der Waals surface area contributed by atoms with E-state index in [1.807, 2.05) is 29.0 Å². The van der Waals surface area contributed by atoms with E-state index >= 15 is 0 Å². The van der Waals surface area contributed by atoms with Crippen LogP contribution in [0.15, 0.2) is 24.5 Å². The zero-order chi connectivity index (χ0) is 17.1. The molecule has 2 aromatic rings. The molecule has 1 N–H and O–H groups in total. The van der Waals surface area contributed by atoms with Crippen LogP contribution in [-0.2, 0) is 24.3 Å². The first-order valence-electron chi connectivity index (χ1n) is 8.46. The Morgan fingerprint density at radius 3 is 2.83 bits per heavy atom. The number of pyridine rings is 1. The second-order valence-corrected chi connectivity index (χ2v) is 6.81. The van der Waals surface area contributed by atoms with E-state index in [0.29, 0.717) is 19.0 Å². The van der Waals surface area contributed by atoms with Crippen LogP contribution in [0.4, 0.5) is 0 Å². The van der Waals surface area contributed by atoms with Gasteiger partial charge in [-0.2, -0.15) is 5.10 Å². The molecular formula is C18H25N5O. The highest BCUT2D eigenvalue weighted by Crippen LogP contribution is 2.25. The lowest BCUT2D eigenvalue weighted by molar-refractivity contribution is -0.133. The Morgan fingerprint density at radius 1 is 1.38 bits per heavy atom. The van der Waals surface area contributed by atoms with Gasteiger partial charge in [-0.3, -0.25) is 19.8 Å². The molecule has 6 nitrogen and oxygen atoms in total. The molecule has 128 valence electrons. The summed E-state index contributed by atoms with van der Waals surface area (Å²) >= 11 is 0. The summed E-state index contributed by atoms with van der Waals surface area (Å²) < 4.78 is 0. The summed E-state index contributed by atoms with van der Waals surface area (Å²) in [6.07, 6.45) is 4.42. The van der Waals surface area contributed by atoms with E-state index in [0.717, 1.165) is 30.8 Å². The number of amides is 1. The number of aromatic amines is 1. The topological polar surface area (TPSA) is 65.1 Å². The van der Waals surface area contributed by atoms with Gasteiger partial charge in [-0.1, -0.05) is 13.8 Å². The predicted octanol–water partition coefficient (Wildman–Crippen LogP) is 1.94. The average molecular weight is 327 g/mol. The lowest BCUT2D eigenvalue weighted by Gasteiger charge is -2.29. The molecule has 6 heteroatoms. The summed E-state index contributed by atoms with van der Waals surface area (Å²) in [5, 5.41) is 7.56. The van der Waals surface area contributed by atoms with Gasteiger partial charge in [-0.05, 0) is 30.7 Å². The zero-order valence-electron chi connectivity index (χ0n) is 14.6. The summed E-state index contributed by atoms with van der Waals surface area (Å²) in [7, 11) is 1.98. The number of aromatic nitrogens is 3. The molecule has 0 saturated carbocycles. The summed E-state index contributed by atoms with van der Waals surface area (Å²) in [6.45, 7) is 6.87. The molecule has 3 heterocycles. The van der Waals surface area contributed by atoms with E-state index in [2.05, 4.69) is 29.0 Å². The largest absolute Gasteiger partial charge is 0.337 e. The minimum Gasteiger partial charge on any atom is -0.337 e. The maximum Gasteiger partial charge on any atom is 0.237 e. The molecule has 0 radical (unpaired) electrons. The number of carbonyl (C=O) groups is 1. The Kier molecular flexibility index (Phi) is 4.94. The normalized spacial score (nSPS) is 14.3. The predicted molar refractivity (Wildman–Crippen MR) is 92.4 cm³/mol. The fourth-order valence-corrected chi connectivity index (χ4v) is 3.19. The van der Waals surface area contributed by atoms with Crippen LogP contribution < -0.4 is 0 Å². The van der Waals surface area contributed by atoms with E-state index < -0.39 is 0 Å². The van der Waals surface area contributed by atoms with Crippen molar-refractivity contribution in [1.29, 1.82) is 0 Å². The number of fused-ring (bicyclic) bond motifs is 1. The molecule has 24 heavy (non-hydrogen) atoms. The third-order valence-corrected chi connectivity index (χ3v) is 4.47. The molecule has 0 spiro atoms. The first-order valence-corrected chi connectivity index (χ1v) is 8.46. The van der Waals surface area contributed by atoms with Crippen molar-refractivity contribution in [3.05, 3.63) is 47.0 Å². The maximum atomic E-state index is 12.7. The van der Waals surface area contributed by atoms with E-state index in [-0.39, 0.29) is 5.91 Å². The molecule has 0 aliphatic carbocycles. The van der Waals surface area contributed by atoms with Crippen LogP contribution in [-0.4, -0.2) is 51.0 Å². The first-order chi connectivity index (χ1) is 11.5. The molecule has 1 amide bonds. The van der Waals surface area contributed by atoms with Crippen molar-refractivity contribution in [2.75, 3.05) is 20.1 Å². The van der Waals surface area contributed by atoms with Crippen molar-refractivity contribution in [2.24, 2.45) is 0 Å². The van der Waals surface area contributed by atoms with E-state index in [1.54, 1.807) is 12.4 Å². The number of H-pyrrole nitrogens is 1. The number of hydrogen-bond donors (Lipinski definition) is 1. The van der Waals surface area contributed by atoms with Crippen LogP contribution in [0.1, 0.15) is 42.3 Å². The minimum atomic E-state index is 0.174. The minimum absolute atomic E-state index is 0.174. The highest BCUT2D eigenvalue weighted by molar-refractivity contribution is 5.78. The Labute approximate surface area is 142 Å². The third-order valence-electron chi connectivity index (χ3n) is 4.47. The summed E-state index contributed by atoms with van der Waals surface area (Å²) in [5.41, 5.74) is 4.65. The smallest absolute Gasteiger partial charge is 0.237 e. The molecule has 0 unspecified atom stereocenters. The summed E-state index contributed by atoms with van der Waals surface area (Å²) in [6, 6.07) is 3.96. The molecule has 0 saturated heterocycles. The Hall–Kier alpha value is -2.21. The van der Waals surface area contributed by atoms with Crippen molar-refractivity contribution in [3.8, 4) is 0 Å². The van der Waals surface area contributed by atoms with Gasteiger partial charge in [0, 0.05) is 49.7 Å². The Balaban J connectivity index is 1.60. The number of likely N-dealkylation sites (N-methyl/N-ethyl adjacent to an activating group) is 1. The van der Waals surface area contributed by atoms with E-state index in [9.17, 15) is 4.79 Å². The van der Waals surface area contributed by atoms with Crippen molar-refractivity contribution < 1.29 is 4.79 Å². The van der Waals surface area contributed by atoms with Crippen LogP contribution >= 0.6 is 0 Å². The van der Waals surface area contributed by atoms with E-state index in [1.165, 1.54) is 11.3 Å². The highest BCUT2D eigenvalue weighted by Gasteiger charge is 2.26. The quantitative estimate of drug-likeness (QED) is 0.911. The SMILES string of the molecule is CC(C)c1n[nH]c2c1CN(C(=O)CN(C)Cc1ccncc1)CC2. The summed E-state index contributed by atoms with van der Waals surface area (Å²) in [4.78, 5) is 20.7. The first kappa shape index (κ1) is 16.6. The van der Waals surface area contributed by atoms with Crippen molar-refractivity contribution in [1.82, 2.24) is 25.0 Å². The summed E-state index contributed by atoms with van der Waals surface area (Å²) in [5.74, 6) is 0.544. The van der Waals surface area contributed by atoms with Gasteiger partial charge in [0.25, 0.3) is 0 Å². The van der Waals surface area contributed by atoms with Crippen LogP contribution in [0.5, 0.6) is 0 Å². The number of carbonyl (C=O) groups excluding carboxylic acids is 1. The van der Waals surface area contributed by atoms with Crippen LogP contribution in [0.2, 0.25) is 0 Å². The van der Waals surface area contributed by atoms with Gasteiger partial charge in [0.05, 0.1) is 12.2 Å². The number of rotatable bonds is 5. The lowest BCUT2D eigenvalue weighted by Crippen LogP contribution is -2.41. The van der Waals surface area contributed by atoms with Gasteiger partial charge in [0.15, 0.2) is 0 Å². The van der Waals surface area contributed by atoms with Gasteiger partial charge in [-0.25, -0.2) is 0 Å². The molecule has 1 aliphatic heterocycles. The van der Waals surface area contributed by atoms with E-state index in [4.69, 9.17) is 0 Å². The number of hydrogen-bond acceptors (Lipinski definition) is 4. The van der Waals surface area contributed by atoms with Crippen LogP contribution in [0.25, 0.3) is 0 Å². The monoisotopic (exact) mass is 327 g/mol. The van der Waals surface area contributed by atoms with Crippen LogP contribution in [0, 0.1) is 0 Å². The Morgan fingerprint density at radius 2 is 2.12 bits per heavy atom. The maximum absolute atomic E-state index is 12.7. The van der Waals surface area contributed by atoms with Crippen LogP contribution in [0.3, 0.4) is 0 Å². The molecule has 0 fully saturated rings. The van der Waals surface area contributed by atoms with Gasteiger partial charge in [-0.15, -0.1) is 0 Å². The molecule has 0 bridgehead atoms. The molecule has 2 aromatic heterocycles. The molecule has 3 rings (SSSR count).